The number of benzene rings is 1. The third-order valence-corrected chi connectivity index (χ3v) is 6.61. The zero-order valence-electron chi connectivity index (χ0n) is 16.1. The topological polar surface area (TPSA) is 88.5 Å². The van der Waals surface area contributed by atoms with E-state index >= 15 is 0 Å². The summed E-state index contributed by atoms with van der Waals surface area (Å²) in [5.41, 5.74) is 0.370. The van der Waals surface area contributed by atoms with Crippen molar-refractivity contribution < 1.29 is 13.2 Å². The van der Waals surface area contributed by atoms with Gasteiger partial charge in [0.15, 0.2) is 0 Å². The van der Waals surface area contributed by atoms with Crippen LogP contribution in [0.2, 0.25) is 5.02 Å². The van der Waals surface area contributed by atoms with E-state index in [1.807, 2.05) is 6.07 Å². The van der Waals surface area contributed by atoms with Gasteiger partial charge >= 0.3 is 0 Å². The molecule has 0 saturated carbocycles. The standard InChI is InChI=1S/C19H24ClN3O4S/c1-4-23(5-2)28(26,27)17-9-10-19(25)22(12-17)13-18(24)21-14(3)15-7-6-8-16(20)11-15/h6-12,14H,4-5,13H2,1-3H3,(H,21,24)/t14-/m0/s1. The van der Waals surface area contributed by atoms with Gasteiger partial charge < -0.3 is 9.88 Å². The van der Waals surface area contributed by atoms with Crippen molar-refractivity contribution in [2.75, 3.05) is 13.1 Å². The number of nitrogens with zero attached hydrogens (tertiary/aromatic N) is 2. The summed E-state index contributed by atoms with van der Waals surface area (Å²) in [6.07, 6.45) is 1.21. The monoisotopic (exact) mass is 425 g/mol. The van der Waals surface area contributed by atoms with Crippen LogP contribution in [0.25, 0.3) is 0 Å². The average Bonchev–Trinajstić information content (AvgIpc) is 2.64. The number of carbonyl (C=O) groups excluding carboxylic acids is 1. The first-order valence-corrected chi connectivity index (χ1v) is 10.8. The largest absolute Gasteiger partial charge is 0.348 e. The van der Waals surface area contributed by atoms with Crippen LogP contribution < -0.4 is 10.9 Å². The number of sulfonamides is 1. The maximum absolute atomic E-state index is 12.6. The highest BCUT2D eigenvalue weighted by atomic mass is 35.5. The van der Waals surface area contributed by atoms with E-state index < -0.39 is 21.5 Å². The van der Waals surface area contributed by atoms with Gasteiger partial charge in [0.1, 0.15) is 6.54 Å². The SMILES string of the molecule is CCN(CC)S(=O)(=O)c1ccc(=O)n(CC(=O)N[C@@H](C)c2cccc(Cl)c2)c1. The molecule has 1 aromatic heterocycles. The van der Waals surface area contributed by atoms with Gasteiger partial charge in [0.2, 0.25) is 15.9 Å². The molecular formula is C19H24ClN3O4S. The van der Waals surface area contributed by atoms with Gasteiger partial charge in [-0.25, -0.2) is 8.42 Å². The molecule has 0 unspecified atom stereocenters. The molecule has 28 heavy (non-hydrogen) atoms. The van der Waals surface area contributed by atoms with Crippen molar-refractivity contribution in [3.8, 4) is 0 Å². The fourth-order valence-corrected chi connectivity index (χ4v) is 4.48. The normalized spacial score (nSPS) is 12.8. The van der Waals surface area contributed by atoms with Crippen LogP contribution in [0.4, 0.5) is 0 Å². The van der Waals surface area contributed by atoms with Gasteiger partial charge in [-0.05, 0) is 30.7 Å². The number of hydrogen-bond donors (Lipinski definition) is 1. The minimum Gasteiger partial charge on any atom is -0.348 e. The summed E-state index contributed by atoms with van der Waals surface area (Å²) in [5, 5.41) is 3.34. The molecule has 0 aliphatic heterocycles. The Morgan fingerprint density at radius 1 is 1.21 bits per heavy atom. The fourth-order valence-electron chi connectivity index (χ4n) is 2.80. The van der Waals surface area contributed by atoms with Crippen molar-refractivity contribution in [2.24, 2.45) is 0 Å². The number of halogens is 1. The van der Waals surface area contributed by atoms with Crippen molar-refractivity contribution in [1.29, 1.82) is 0 Å². The van der Waals surface area contributed by atoms with E-state index in [0.717, 1.165) is 16.2 Å². The maximum Gasteiger partial charge on any atom is 0.251 e. The molecule has 152 valence electrons. The third kappa shape index (κ3) is 5.21. The molecule has 0 saturated heterocycles. The predicted octanol–water partition coefficient (Wildman–Crippen LogP) is 2.41. The molecule has 0 spiro atoms. The molecule has 9 heteroatoms. The Kier molecular flexibility index (Phi) is 7.40. The number of nitrogens with one attached hydrogen (secondary N) is 1. The lowest BCUT2D eigenvalue weighted by atomic mass is 10.1. The van der Waals surface area contributed by atoms with E-state index in [9.17, 15) is 18.0 Å². The van der Waals surface area contributed by atoms with Crippen LogP contribution in [0.5, 0.6) is 0 Å². The zero-order chi connectivity index (χ0) is 20.9. The average molecular weight is 426 g/mol. The van der Waals surface area contributed by atoms with Crippen LogP contribution in [0, 0.1) is 0 Å². The Labute approximate surface area is 170 Å². The van der Waals surface area contributed by atoms with Crippen LogP contribution in [-0.2, 0) is 21.4 Å². The highest BCUT2D eigenvalue weighted by Gasteiger charge is 2.22. The number of hydrogen-bond acceptors (Lipinski definition) is 4. The third-order valence-electron chi connectivity index (χ3n) is 4.34. The summed E-state index contributed by atoms with van der Waals surface area (Å²) >= 11 is 5.97. The van der Waals surface area contributed by atoms with Gasteiger partial charge in [-0.1, -0.05) is 37.6 Å². The number of amides is 1. The molecule has 2 aromatic rings. The molecule has 0 aliphatic carbocycles. The van der Waals surface area contributed by atoms with Crippen LogP contribution in [-0.4, -0.2) is 36.3 Å². The minimum atomic E-state index is -3.72. The molecule has 0 radical (unpaired) electrons. The summed E-state index contributed by atoms with van der Waals surface area (Å²) in [6, 6.07) is 9.21. The Balaban J connectivity index is 2.19. The number of aromatic nitrogens is 1. The first-order valence-electron chi connectivity index (χ1n) is 8.94. The van der Waals surface area contributed by atoms with E-state index in [1.165, 1.54) is 16.6 Å². The molecule has 0 bridgehead atoms. The summed E-state index contributed by atoms with van der Waals surface area (Å²) in [4.78, 5) is 24.5. The molecule has 1 aromatic carbocycles. The molecule has 7 nitrogen and oxygen atoms in total. The lowest BCUT2D eigenvalue weighted by molar-refractivity contribution is -0.122. The molecule has 0 aliphatic rings. The smallest absolute Gasteiger partial charge is 0.251 e. The van der Waals surface area contributed by atoms with E-state index in [1.54, 1.807) is 39.0 Å². The van der Waals surface area contributed by atoms with Crippen molar-refractivity contribution in [2.45, 2.75) is 38.3 Å². The first-order chi connectivity index (χ1) is 13.2. The summed E-state index contributed by atoms with van der Waals surface area (Å²) in [5.74, 6) is -0.410. The number of rotatable bonds is 8. The van der Waals surface area contributed by atoms with Gasteiger partial charge in [0.05, 0.1) is 10.9 Å². The van der Waals surface area contributed by atoms with Gasteiger partial charge in [-0.2, -0.15) is 4.31 Å². The van der Waals surface area contributed by atoms with Gasteiger partial charge in [0, 0.05) is 30.4 Å². The Morgan fingerprint density at radius 2 is 1.89 bits per heavy atom. The van der Waals surface area contributed by atoms with Crippen molar-refractivity contribution in [1.82, 2.24) is 14.2 Å². The Bertz CT molecular complexity index is 1000. The van der Waals surface area contributed by atoms with Crippen LogP contribution >= 0.6 is 11.6 Å². The second kappa shape index (κ2) is 9.36. The summed E-state index contributed by atoms with van der Waals surface area (Å²) in [7, 11) is -3.72. The zero-order valence-corrected chi connectivity index (χ0v) is 17.6. The van der Waals surface area contributed by atoms with Gasteiger partial charge in [-0.3, -0.25) is 9.59 Å². The summed E-state index contributed by atoms with van der Waals surface area (Å²) in [6.45, 7) is 5.62. The molecule has 1 atom stereocenters. The van der Waals surface area contributed by atoms with Crippen LogP contribution in [0.3, 0.4) is 0 Å². The number of carbonyl (C=O) groups is 1. The predicted molar refractivity (Wildman–Crippen MR) is 109 cm³/mol. The fraction of sp³-hybridized carbons (Fsp3) is 0.368. The molecule has 1 N–H and O–H groups in total. The lowest BCUT2D eigenvalue weighted by Crippen LogP contribution is -2.35. The first kappa shape index (κ1) is 22.1. The highest BCUT2D eigenvalue weighted by Crippen LogP contribution is 2.17. The quantitative estimate of drug-likeness (QED) is 0.703. The minimum absolute atomic E-state index is 0.0218. The summed E-state index contributed by atoms with van der Waals surface area (Å²) < 4.78 is 27.7. The molecule has 1 heterocycles. The second-order valence-electron chi connectivity index (χ2n) is 6.26. The van der Waals surface area contributed by atoms with E-state index in [0.29, 0.717) is 18.1 Å². The van der Waals surface area contributed by atoms with E-state index in [2.05, 4.69) is 5.32 Å². The maximum atomic E-state index is 12.6. The Morgan fingerprint density at radius 3 is 2.50 bits per heavy atom. The van der Waals surface area contributed by atoms with Gasteiger partial charge in [0.25, 0.3) is 5.56 Å². The molecule has 1 amide bonds. The molecule has 0 fully saturated rings. The van der Waals surface area contributed by atoms with Crippen molar-refractivity contribution in [3.05, 3.63) is 63.5 Å². The lowest BCUT2D eigenvalue weighted by Gasteiger charge is -2.19. The van der Waals surface area contributed by atoms with E-state index in [4.69, 9.17) is 11.6 Å². The van der Waals surface area contributed by atoms with Gasteiger partial charge in [-0.15, -0.1) is 0 Å². The van der Waals surface area contributed by atoms with Crippen molar-refractivity contribution >= 4 is 27.5 Å². The van der Waals surface area contributed by atoms with Crippen LogP contribution in [0.15, 0.2) is 52.3 Å². The number of pyridine rings is 1. The molecule has 2 rings (SSSR count). The Hall–Kier alpha value is -2.16. The van der Waals surface area contributed by atoms with Crippen LogP contribution in [0.1, 0.15) is 32.4 Å². The molecular weight excluding hydrogens is 402 g/mol. The highest BCUT2D eigenvalue weighted by molar-refractivity contribution is 7.89. The van der Waals surface area contributed by atoms with E-state index in [-0.39, 0.29) is 17.5 Å². The van der Waals surface area contributed by atoms with Crippen molar-refractivity contribution in [3.63, 3.8) is 0 Å². The second-order valence-corrected chi connectivity index (χ2v) is 8.64.